The van der Waals surface area contributed by atoms with Crippen LogP contribution in [0.15, 0.2) is 0 Å². The van der Waals surface area contributed by atoms with Crippen LogP contribution >= 0.6 is 0 Å². The Kier molecular flexibility index (Phi) is 4.13. The lowest BCUT2D eigenvalue weighted by Crippen LogP contribution is -2.59. The summed E-state index contributed by atoms with van der Waals surface area (Å²) < 4.78 is 0. The number of rotatable bonds is 7. The van der Waals surface area contributed by atoms with Crippen LogP contribution in [-0.4, -0.2) is 73.4 Å². The van der Waals surface area contributed by atoms with Gasteiger partial charge in [0.1, 0.15) is 0 Å². The number of aliphatic hydroxyl groups is 1. The van der Waals surface area contributed by atoms with Gasteiger partial charge in [-0.25, -0.2) is 0 Å². The van der Waals surface area contributed by atoms with Crippen molar-refractivity contribution in [2.75, 3.05) is 52.9 Å². The van der Waals surface area contributed by atoms with Crippen LogP contribution in [0.1, 0.15) is 25.7 Å². The summed E-state index contributed by atoms with van der Waals surface area (Å²) in [6.45, 7) is 7.39. The fourth-order valence-corrected chi connectivity index (χ4v) is 3.50. The molecule has 4 heteroatoms. The number of nitrogens with zero attached hydrogens (tertiary/aromatic N) is 2. The smallest absolute Gasteiger partial charge is 0.0628 e. The molecule has 0 aromatic rings. The maximum absolute atomic E-state index is 9.80. The summed E-state index contributed by atoms with van der Waals surface area (Å²) in [6.07, 6.45) is 5.47. The Morgan fingerprint density at radius 1 is 1.05 bits per heavy atom. The summed E-state index contributed by atoms with van der Waals surface area (Å²) in [5.74, 6) is 1.69. The van der Waals surface area contributed by atoms with Crippen LogP contribution in [0, 0.1) is 11.8 Å². The fraction of sp³-hybridized carbons (Fsp3) is 1.00. The molecule has 3 fully saturated rings. The molecule has 0 aromatic heterocycles. The molecule has 19 heavy (non-hydrogen) atoms. The number of hydrogen-bond donors (Lipinski definition) is 2. The number of hydrogen-bond acceptors (Lipinski definition) is 4. The van der Waals surface area contributed by atoms with Crippen LogP contribution in [0.3, 0.4) is 0 Å². The molecule has 0 spiro atoms. The van der Waals surface area contributed by atoms with Crippen molar-refractivity contribution in [2.45, 2.75) is 31.2 Å². The third-order valence-electron chi connectivity index (χ3n) is 5.32. The summed E-state index contributed by atoms with van der Waals surface area (Å²) in [5, 5.41) is 13.2. The van der Waals surface area contributed by atoms with Crippen LogP contribution in [0.2, 0.25) is 0 Å². The standard InChI is InChI=1S/C15H29N3O/c1-16-15(12-19,14-4-5-14)11-18-8-6-17(7-9-18)10-13-2-3-13/h13-14,16,19H,2-12H2,1H3. The highest BCUT2D eigenvalue weighted by Gasteiger charge is 2.45. The maximum atomic E-state index is 9.80. The zero-order valence-corrected chi connectivity index (χ0v) is 12.3. The molecular weight excluding hydrogens is 238 g/mol. The molecule has 2 saturated carbocycles. The molecule has 0 bridgehead atoms. The van der Waals surface area contributed by atoms with Crippen LogP contribution in [-0.2, 0) is 0 Å². The number of likely N-dealkylation sites (N-methyl/N-ethyl adjacent to an activating group) is 1. The molecular formula is C15H29N3O. The Balaban J connectivity index is 1.47. The Bertz CT molecular complexity index is 290. The van der Waals surface area contributed by atoms with Gasteiger partial charge in [0.2, 0.25) is 0 Å². The average Bonchev–Trinajstić information content (AvgIpc) is 3.30. The molecule has 110 valence electrons. The minimum Gasteiger partial charge on any atom is -0.394 e. The van der Waals surface area contributed by atoms with E-state index in [2.05, 4.69) is 15.1 Å². The molecule has 1 atom stereocenters. The lowest BCUT2D eigenvalue weighted by molar-refractivity contribution is 0.0627. The summed E-state index contributed by atoms with van der Waals surface area (Å²) >= 11 is 0. The van der Waals surface area contributed by atoms with E-state index in [0.717, 1.165) is 12.5 Å². The van der Waals surface area contributed by atoms with E-state index >= 15 is 0 Å². The Morgan fingerprint density at radius 2 is 1.68 bits per heavy atom. The van der Waals surface area contributed by atoms with Crippen molar-refractivity contribution in [2.24, 2.45) is 11.8 Å². The van der Waals surface area contributed by atoms with Gasteiger partial charge in [-0.05, 0) is 44.6 Å². The fourth-order valence-electron chi connectivity index (χ4n) is 3.50. The first kappa shape index (κ1) is 13.8. The molecule has 2 N–H and O–H groups in total. The molecule has 2 aliphatic carbocycles. The van der Waals surface area contributed by atoms with Gasteiger partial charge >= 0.3 is 0 Å². The second-order valence-corrected chi connectivity index (χ2v) is 6.86. The van der Waals surface area contributed by atoms with E-state index in [9.17, 15) is 5.11 Å². The highest BCUT2D eigenvalue weighted by molar-refractivity contribution is 5.02. The van der Waals surface area contributed by atoms with Gasteiger partial charge in [-0.3, -0.25) is 4.90 Å². The molecule has 1 unspecified atom stereocenters. The highest BCUT2D eigenvalue weighted by Crippen LogP contribution is 2.40. The lowest BCUT2D eigenvalue weighted by Gasteiger charge is -2.41. The van der Waals surface area contributed by atoms with E-state index in [0.29, 0.717) is 5.92 Å². The van der Waals surface area contributed by atoms with Crippen molar-refractivity contribution in [3.8, 4) is 0 Å². The molecule has 4 nitrogen and oxygen atoms in total. The van der Waals surface area contributed by atoms with Gasteiger partial charge < -0.3 is 15.3 Å². The van der Waals surface area contributed by atoms with Crippen molar-refractivity contribution in [1.82, 2.24) is 15.1 Å². The summed E-state index contributed by atoms with van der Waals surface area (Å²) in [6, 6.07) is 0. The Morgan fingerprint density at radius 3 is 2.16 bits per heavy atom. The number of aliphatic hydroxyl groups excluding tert-OH is 1. The van der Waals surface area contributed by atoms with Crippen molar-refractivity contribution in [3.05, 3.63) is 0 Å². The van der Waals surface area contributed by atoms with Crippen molar-refractivity contribution in [1.29, 1.82) is 0 Å². The van der Waals surface area contributed by atoms with E-state index in [1.54, 1.807) is 0 Å². The summed E-state index contributed by atoms with van der Waals surface area (Å²) in [7, 11) is 2.01. The third-order valence-corrected chi connectivity index (χ3v) is 5.32. The third kappa shape index (κ3) is 3.30. The van der Waals surface area contributed by atoms with Gasteiger partial charge in [0.15, 0.2) is 0 Å². The first-order chi connectivity index (χ1) is 9.25. The van der Waals surface area contributed by atoms with Crippen molar-refractivity contribution in [3.63, 3.8) is 0 Å². The van der Waals surface area contributed by atoms with Crippen LogP contribution in [0.4, 0.5) is 0 Å². The Labute approximate surface area is 117 Å². The molecule has 0 aromatic carbocycles. The van der Waals surface area contributed by atoms with Gasteiger partial charge in [0.25, 0.3) is 0 Å². The molecule has 3 rings (SSSR count). The molecule has 1 aliphatic heterocycles. The molecule has 3 aliphatic rings. The SMILES string of the molecule is CNC(CO)(CN1CCN(CC2CC2)CC1)C1CC1. The van der Waals surface area contributed by atoms with Crippen LogP contribution in [0.5, 0.6) is 0 Å². The van der Waals surface area contributed by atoms with E-state index < -0.39 is 0 Å². The first-order valence-electron chi connectivity index (χ1n) is 8.00. The van der Waals surface area contributed by atoms with Crippen molar-refractivity contribution < 1.29 is 5.11 Å². The zero-order chi connectivity index (χ0) is 13.3. The van der Waals surface area contributed by atoms with E-state index in [1.165, 1.54) is 58.4 Å². The van der Waals surface area contributed by atoms with Crippen LogP contribution in [0.25, 0.3) is 0 Å². The second-order valence-electron chi connectivity index (χ2n) is 6.86. The van der Waals surface area contributed by atoms with Crippen molar-refractivity contribution >= 4 is 0 Å². The predicted molar refractivity (Wildman–Crippen MR) is 77.2 cm³/mol. The number of piperazine rings is 1. The summed E-state index contributed by atoms with van der Waals surface area (Å²) in [4.78, 5) is 5.18. The van der Waals surface area contributed by atoms with E-state index in [-0.39, 0.29) is 12.1 Å². The van der Waals surface area contributed by atoms with E-state index in [4.69, 9.17) is 0 Å². The number of nitrogens with one attached hydrogen (secondary N) is 1. The van der Waals surface area contributed by atoms with Gasteiger partial charge in [-0.2, -0.15) is 0 Å². The molecule has 0 amide bonds. The second kappa shape index (κ2) is 5.68. The average molecular weight is 267 g/mol. The monoisotopic (exact) mass is 267 g/mol. The minimum absolute atomic E-state index is 0.0430. The van der Waals surface area contributed by atoms with Gasteiger partial charge in [-0.1, -0.05) is 0 Å². The maximum Gasteiger partial charge on any atom is 0.0628 e. The van der Waals surface area contributed by atoms with Gasteiger partial charge in [0, 0.05) is 39.3 Å². The van der Waals surface area contributed by atoms with E-state index in [1.807, 2.05) is 7.05 Å². The first-order valence-corrected chi connectivity index (χ1v) is 8.00. The topological polar surface area (TPSA) is 38.7 Å². The van der Waals surface area contributed by atoms with Crippen LogP contribution < -0.4 is 5.32 Å². The Hall–Kier alpha value is -0.160. The summed E-state index contributed by atoms with van der Waals surface area (Å²) in [5.41, 5.74) is -0.0430. The highest BCUT2D eigenvalue weighted by atomic mass is 16.3. The minimum atomic E-state index is -0.0430. The lowest BCUT2D eigenvalue weighted by atomic mass is 9.93. The molecule has 1 saturated heterocycles. The largest absolute Gasteiger partial charge is 0.394 e. The quantitative estimate of drug-likeness (QED) is 0.699. The molecule has 1 heterocycles. The van der Waals surface area contributed by atoms with Gasteiger partial charge in [0.05, 0.1) is 12.1 Å². The normalized spacial score (nSPS) is 29.4. The van der Waals surface area contributed by atoms with Gasteiger partial charge in [-0.15, -0.1) is 0 Å². The predicted octanol–water partition coefficient (Wildman–Crippen LogP) is 0.375. The molecule has 0 radical (unpaired) electrons. The zero-order valence-electron chi connectivity index (χ0n) is 12.3.